The molecule has 0 spiro atoms. The third-order valence-corrected chi connectivity index (χ3v) is 3.67. The van der Waals surface area contributed by atoms with E-state index in [2.05, 4.69) is 4.90 Å². The van der Waals surface area contributed by atoms with Gasteiger partial charge in [-0.25, -0.2) is 4.79 Å². The van der Waals surface area contributed by atoms with Crippen LogP contribution in [0.15, 0.2) is 17.7 Å². The van der Waals surface area contributed by atoms with Crippen LogP contribution in [-0.4, -0.2) is 37.4 Å². The molecule has 2 rings (SSSR count). The number of hydrogen-bond acceptors (Lipinski definition) is 5. The van der Waals surface area contributed by atoms with Crippen molar-refractivity contribution in [3.8, 4) is 6.07 Å². The Kier molecular flexibility index (Phi) is 3.97. The zero-order chi connectivity index (χ0) is 13.0. The van der Waals surface area contributed by atoms with Crippen molar-refractivity contribution in [1.29, 1.82) is 5.26 Å². The highest BCUT2D eigenvalue weighted by Crippen LogP contribution is 2.28. The van der Waals surface area contributed by atoms with Gasteiger partial charge < -0.3 is 14.7 Å². The fourth-order valence-electron chi connectivity index (χ4n) is 1.66. The molecule has 0 saturated carbocycles. The van der Waals surface area contributed by atoms with E-state index < -0.39 is 5.97 Å². The van der Waals surface area contributed by atoms with Crippen LogP contribution in [0, 0.1) is 11.3 Å². The summed E-state index contributed by atoms with van der Waals surface area (Å²) in [6.45, 7) is 3.10. The second kappa shape index (κ2) is 5.67. The van der Waals surface area contributed by atoms with Gasteiger partial charge in [0.1, 0.15) is 11.6 Å². The number of aliphatic carboxylic acids is 1. The van der Waals surface area contributed by atoms with Crippen molar-refractivity contribution in [3.05, 3.63) is 22.6 Å². The van der Waals surface area contributed by atoms with E-state index in [0.717, 1.165) is 23.0 Å². The van der Waals surface area contributed by atoms with Gasteiger partial charge in [0.05, 0.1) is 18.2 Å². The minimum absolute atomic E-state index is 0.245. The SMILES string of the molecule is N#C/C(=C\c1ccc(N2CCOCC2)s1)C(=O)O. The molecule has 1 aromatic heterocycles. The second-order valence-electron chi connectivity index (χ2n) is 3.75. The van der Waals surface area contributed by atoms with Gasteiger partial charge in [-0.2, -0.15) is 5.26 Å². The number of nitriles is 1. The fourth-order valence-corrected chi connectivity index (χ4v) is 2.66. The highest BCUT2D eigenvalue weighted by molar-refractivity contribution is 7.16. The van der Waals surface area contributed by atoms with Gasteiger partial charge in [-0.15, -0.1) is 11.3 Å². The van der Waals surface area contributed by atoms with Gasteiger partial charge in [-0.1, -0.05) is 0 Å². The average molecular weight is 264 g/mol. The number of nitrogens with zero attached hydrogens (tertiary/aromatic N) is 2. The van der Waals surface area contributed by atoms with E-state index in [1.165, 1.54) is 17.4 Å². The van der Waals surface area contributed by atoms with E-state index in [0.29, 0.717) is 13.2 Å². The molecule has 1 aliphatic heterocycles. The van der Waals surface area contributed by atoms with Gasteiger partial charge in [-0.3, -0.25) is 0 Å². The summed E-state index contributed by atoms with van der Waals surface area (Å²) in [5, 5.41) is 18.5. The van der Waals surface area contributed by atoms with Crippen LogP contribution >= 0.6 is 11.3 Å². The molecule has 1 saturated heterocycles. The fraction of sp³-hybridized carbons (Fsp3) is 0.333. The molecule has 2 heterocycles. The summed E-state index contributed by atoms with van der Waals surface area (Å²) in [4.78, 5) is 13.7. The molecule has 6 heteroatoms. The topological polar surface area (TPSA) is 73.6 Å². The van der Waals surface area contributed by atoms with Crippen LogP contribution in [0.3, 0.4) is 0 Å². The van der Waals surface area contributed by atoms with E-state index in [1.807, 2.05) is 12.1 Å². The lowest BCUT2D eigenvalue weighted by atomic mass is 10.2. The number of thiophene rings is 1. The van der Waals surface area contributed by atoms with Crippen molar-refractivity contribution in [2.24, 2.45) is 0 Å². The van der Waals surface area contributed by atoms with Crippen LogP contribution in [0.4, 0.5) is 5.00 Å². The van der Waals surface area contributed by atoms with Crippen LogP contribution in [0.2, 0.25) is 0 Å². The van der Waals surface area contributed by atoms with Crippen LogP contribution in [0.25, 0.3) is 6.08 Å². The summed E-state index contributed by atoms with van der Waals surface area (Å²) in [5.41, 5.74) is -0.245. The molecule has 18 heavy (non-hydrogen) atoms. The van der Waals surface area contributed by atoms with Crippen molar-refractivity contribution < 1.29 is 14.6 Å². The van der Waals surface area contributed by atoms with E-state index in [4.69, 9.17) is 15.1 Å². The summed E-state index contributed by atoms with van der Waals surface area (Å²) in [5.74, 6) is -1.20. The Bertz CT molecular complexity index is 510. The number of anilines is 1. The molecule has 94 valence electrons. The summed E-state index contributed by atoms with van der Waals surface area (Å²) < 4.78 is 5.27. The van der Waals surface area contributed by atoms with Gasteiger partial charge in [0.2, 0.25) is 0 Å². The van der Waals surface area contributed by atoms with E-state index in [-0.39, 0.29) is 5.57 Å². The Balaban J connectivity index is 2.15. The zero-order valence-electron chi connectivity index (χ0n) is 9.63. The minimum atomic E-state index is -1.20. The average Bonchev–Trinajstić information content (AvgIpc) is 2.85. The molecule has 1 N–H and O–H groups in total. The Morgan fingerprint density at radius 3 is 2.83 bits per heavy atom. The normalized spacial score (nSPS) is 16.4. The Hall–Kier alpha value is -1.84. The minimum Gasteiger partial charge on any atom is -0.477 e. The summed E-state index contributed by atoms with van der Waals surface area (Å²) >= 11 is 1.48. The molecular weight excluding hydrogens is 252 g/mol. The van der Waals surface area contributed by atoms with Gasteiger partial charge in [0.25, 0.3) is 0 Å². The summed E-state index contributed by atoms with van der Waals surface area (Å²) in [7, 11) is 0. The smallest absolute Gasteiger partial charge is 0.346 e. The number of hydrogen-bond donors (Lipinski definition) is 1. The summed E-state index contributed by atoms with van der Waals surface area (Å²) in [6.07, 6.45) is 1.40. The van der Waals surface area contributed by atoms with Crippen LogP contribution in [-0.2, 0) is 9.53 Å². The maximum absolute atomic E-state index is 10.7. The molecule has 0 radical (unpaired) electrons. The number of ether oxygens (including phenoxy) is 1. The Morgan fingerprint density at radius 2 is 2.22 bits per heavy atom. The maximum Gasteiger partial charge on any atom is 0.346 e. The number of carboxylic acid groups (broad SMARTS) is 1. The Labute approximate surface area is 109 Å². The number of carbonyl (C=O) groups is 1. The van der Waals surface area contributed by atoms with Crippen LogP contribution in [0.1, 0.15) is 4.88 Å². The third-order valence-electron chi connectivity index (χ3n) is 2.57. The van der Waals surface area contributed by atoms with Crippen molar-refractivity contribution in [1.82, 2.24) is 0 Å². The largest absolute Gasteiger partial charge is 0.477 e. The molecule has 1 aliphatic rings. The van der Waals surface area contributed by atoms with Gasteiger partial charge in [0, 0.05) is 18.0 Å². The highest BCUT2D eigenvalue weighted by Gasteiger charge is 2.13. The Morgan fingerprint density at radius 1 is 1.50 bits per heavy atom. The first-order valence-electron chi connectivity index (χ1n) is 5.48. The molecule has 0 amide bonds. The number of rotatable bonds is 3. The number of morpholine rings is 1. The lowest BCUT2D eigenvalue weighted by Gasteiger charge is -2.27. The first-order chi connectivity index (χ1) is 8.70. The van der Waals surface area contributed by atoms with Gasteiger partial charge >= 0.3 is 5.97 Å². The van der Waals surface area contributed by atoms with E-state index in [9.17, 15) is 4.79 Å². The zero-order valence-corrected chi connectivity index (χ0v) is 10.4. The van der Waals surface area contributed by atoms with Gasteiger partial charge in [0.15, 0.2) is 0 Å². The predicted molar refractivity (Wildman–Crippen MR) is 68.6 cm³/mol. The molecule has 0 atom stereocenters. The molecule has 1 fully saturated rings. The van der Waals surface area contributed by atoms with Crippen molar-refractivity contribution in [2.75, 3.05) is 31.2 Å². The van der Waals surface area contributed by atoms with Gasteiger partial charge in [-0.05, 0) is 18.2 Å². The molecule has 0 aromatic carbocycles. The standard InChI is InChI=1S/C12H12N2O3S/c13-8-9(12(15)16)7-10-1-2-11(18-10)14-3-5-17-6-4-14/h1-2,7H,3-6H2,(H,15,16)/b9-7+. The quantitative estimate of drug-likeness (QED) is 0.662. The molecule has 0 aliphatic carbocycles. The molecular formula is C12H12N2O3S. The molecule has 0 bridgehead atoms. The molecule has 5 nitrogen and oxygen atoms in total. The van der Waals surface area contributed by atoms with E-state index >= 15 is 0 Å². The lowest BCUT2D eigenvalue weighted by molar-refractivity contribution is -0.132. The predicted octanol–water partition coefficient (Wildman–Crippen LogP) is 1.58. The maximum atomic E-state index is 10.7. The molecule has 1 aromatic rings. The lowest BCUT2D eigenvalue weighted by Crippen LogP contribution is -2.35. The highest BCUT2D eigenvalue weighted by atomic mass is 32.1. The first kappa shape index (κ1) is 12.6. The van der Waals surface area contributed by atoms with Crippen LogP contribution in [0.5, 0.6) is 0 Å². The van der Waals surface area contributed by atoms with Crippen molar-refractivity contribution in [3.63, 3.8) is 0 Å². The molecule has 0 unspecified atom stereocenters. The van der Waals surface area contributed by atoms with Crippen LogP contribution < -0.4 is 4.90 Å². The van der Waals surface area contributed by atoms with Crippen molar-refractivity contribution >= 4 is 28.4 Å². The third kappa shape index (κ3) is 2.88. The van der Waals surface area contributed by atoms with E-state index in [1.54, 1.807) is 6.07 Å². The second-order valence-corrected chi connectivity index (χ2v) is 4.84. The number of carboxylic acids is 1. The monoisotopic (exact) mass is 264 g/mol. The summed E-state index contributed by atoms with van der Waals surface area (Å²) in [6, 6.07) is 5.45. The van der Waals surface area contributed by atoms with Crippen molar-refractivity contribution in [2.45, 2.75) is 0 Å². The first-order valence-corrected chi connectivity index (χ1v) is 6.30.